The van der Waals surface area contributed by atoms with E-state index in [0.29, 0.717) is 17.9 Å². The Morgan fingerprint density at radius 2 is 2.18 bits per heavy atom. The number of anilines is 1. The molecule has 0 saturated carbocycles. The average Bonchev–Trinajstić information content (AvgIpc) is 3.26. The van der Waals surface area contributed by atoms with Gasteiger partial charge in [-0.25, -0.2) is 4.57 Å². The predicted molar refractivity (Wildman–Crippen MR) is 124 cm³/mol. The van der Waals surface area contributed by atoms with Crippen molar-refractivity contribution in [1.29, 1.82) is 0 Å². The van der Waals surface area contributed by atoms with Crippen LogP contribution in [0.4, 0.5) is 5.13 Å². The van der Waals surface area contributed by atoms with Crippen molar-refractivity contribution in [1.82, 2.24) is 19.6 Å². The molecule has 0 spiro atoms. The number of rotatable bonds is 9. The molecule has 2 aliphatic heterocycles. The van der Waals surface area contributed by atoms with Crippen LogP contribution in [0, 0.1) is 0 Å². The van der Waals surface area contributed by atoms with E-state index in [1.807, 2.05) is 22.8 Å². The number of oxime groups is 1. The molecule has 2 aliphatic rings. The summed E-state index contributed by atoms with van der Waals surface area (Å²) >= 11 is 3.59. The summed E-state index contributed by atoms with van der Waals surface area (Å²) in [5.74, 6) is -2.22. The van der Waals surface area contributed by atoms with Gasteiger partial charge in [-0.1, -0.05) is 11.2 Å². The number of carboxylic acid groups (broad SMARTS) is 1. The number of pyridine rings is 1. The highest BCUT2D eigenvalue weighted by atomic mass is 32.2. The van der Waals surface area contributed by atoms with Gasteiger partial charge in [-0.2, -0.15) is 9.36 Å². The normalized spacial score (nSPS) is 20.0. The number of aromatic nitrogens is 3. The number of β-lactam (4-membered cyclic amide) rings is 1. The van der Waals surface area contributed by atoms with E-state index in [0.717, 1.165) is 16.4 Å². The lowest BCUT2D eigenvalue weighted by molar-refractivity contribution is -0.689. The maximum absolute atomic E-state index is 12.9. The Bertz CT molecular complexity index is 1170. The predicted octanol–water partition coefficient (Wildman–Crippen LogP) is -1.45. The first-order chi connectivity index (χ1) is 16.4. The van der Waals surface area contributed by atoms with Crippen molar-refractivity contribution < 1.29 is 28.9 Å². The van der Waals surface area contributed by atoms with Crippen LogP contribution in [-0.2, 0) is 25.8 Å². The zero-order chi connectivity index (χ0) is 24.2. The van der Waals surface area contributed by atoms with Crippen molar-refractivity contribution in [2.24, 2.45) is 5.16 Å². The Morgan fingerprint density at radius 3 is 2.82 bits per heavy atom. The van der Waals surface area contributed by atoms with Crippen LogP contribution in [-0.4, -0.2) is 67.1 Å². The third-order valence-electron chi connectivity index (χ3n) is 4.87. The van der Waals surface area contributed by atoms with Gasteiger partial charge in [0.2, 0.25) is 11.5 Å². The number of thioether (sulfide) groups is 2. The summed E-state index contributed by atoms with van der Waals surface area (Å²) in [7, 11) is 0. The first-order valence-corrected chi connectivity index (χ1v) is 13.0. The molecule has 2 aromatic rings. The number of nitrogens with one attached hydrogen (secondary N) is 1. The number of fused-ring (bicyclic) bond motifs is 1. The quantitative estimate of drug-likeness (QED) is 0.0995. The molecule has 1 unspecified atom stereocenters. The summed E-state index contributed by atoms with van der Waals surface area (Å²) in [5.41, 5.74) is 5.76. The van der Waals surface area contributed by atoms with E-state index in [4.69, 9.17) is 10.6 Å². The van der Waals surface area contributed by atoms with Gasteiger partial charge in [-0.15, -0.1) is 23.5 Å². The minimum atomic E-state index is -1.44. The minimum Gasteiger partial charge on any atom is -0.543 e. The Labute approximate surface area is 206 Å². The maximum Gasteiger partial charge on any atom is 0.278 e. The molecular weight excluding hydrogens is 502 g/mol. The van der Waals surface area contributed by atoms with Crippen LogP contribution in [0.3, 0.4) is 0 Å². The molecule has 1 fully saturated rings. The van der Waals surface area contributed by atoms with E-state index in [-0.39, 0.29) is 28.3 Å². The van der Waals surface area contributed by atoms with Gasteiger partial charge < -0.3 is 25.8 Å². The average molecular weight is 522 g/mol. The molecule has 12 nitrogen and oxygen atoms in total. The summed E-state index contributed by atoms with van der Waals surface area (Å²) in [4.78, 5) is 48.0. The molecule has 0 aliphatic carbocycles. The van der Waals surface area contributed by atoms with Crippen molar-refractivity contribution in [2.45, 2.75) is 18.0 Å². The molecule has 1 saturated heterocycles. The topological polar surface area (TPSA) is 167 Å². The molecule has 2 amide bonds. The van der Waals surface area contributed by atoms with Gasteiger partial charge in [0, 0.05) is 35.0 Å². The number of carboxylic acids is 1. The van der Waals surface area contributed by atoms with Gasteiger partial charge in [-0.3, -0.25) is 14.5 Å². The minimum absolute atomic E-state index is 0.0291. The van der Waals surface area contributed by atoms with E-state index in [1.165, 1.54) is 23.5 Å². The number of hydrogen-bond acceptors (Lipinski definition) is 12. The number of nitrogen functional groups attached to an aromatic ring is 1. The fraction of sp³-hybridized carbons (Fsp3) is 0.316. The molecule has 3 N–H and O–H groups in total. The lowest BCUT2D eigenvalue weighted by Gasteiger charge is -2.50. The third-order valence-corrected chi connectivity index (χ3v) is 7.10. The molecule has 2 atom stereocenters. The van der Waals surface area contributed by atoms with Crippen molar-refractivity contribution in [2.75, 3.05) is 23.7 Å². The number of carbonyl (C=O) groups excluding carboxylic acids is 3. The molecule has 34 heavy (non-hydrogen) atoms. The number of hydrogen-bond donors (Lipinski definition) is 2. The fourth-order valence-corrected chi connectivity index (χ4v) is 5.35. The zero-order valence-corrected chi connectivity index (χ0v) is 20.2. The van der Waals surface area contributed by atoms with E-state index in [9.17, 15) is 19.5 Å². The van der Waals surface area contributed by atoms with E-state index in [1.54, 1.807) is 18.6 Å². The molecule has 178 valence electrons. The summed E-state index contributed by atoms with van der Waals surface area (Å²) in [6.45, 7) is 0.297. The van der Waals surface area contributed by atoms with E-state index in [2.05, 4.69) is 19.8 Å². The van der Waals surface area contributed by atoms with Crippen LogP contribution in [0.5, 0.6) is 0 Å². The molecule has 0 bridgehead atoms. The number of nitrogens with zero attached hydrogens (tertiary/aromatic N) is 5. The lowest BCUT2D eigenvalue weighted by Crippen LogP contribution is -2.71. The monoisotopic (exact) mass is 521 g/mol. The number of amides is 2. The summed E-state index contributed by atoms with van der Waals surface area (Å²) in [6.07, 6.45) is 5.40. The summed E-state index contributed by atoms with van der Waals surface area (Å²) in [5, 5.41) is 17.9. The van der Waals surface area contributed by atoms with Gasteiger partial charge in [0.25, 0.3) is 11.8 Å². The molecule has 0 radical (unpaired) electrons. The van der Waals surface area contributed by atoms with Crippen LogP contribution in [0.2, 0.25) is 0 Å². The Morgan fingerprint density at radius 1 is 1.41 bits per heavy atom. The highest BCUT2D eigenvalue weighted by Crippen LogP contribution is 2.40. The van der Waals surface area contributed by atoms with E-state index >= 15 is 0 Å². The Balaban J connectivity index is 1.52. The van der Waals surface area contributed by atoms with Crippen LogP contribution in [0.25, 0.3) is 0 Å². The van der Waals surface area contributed by atoms with E-state index < -0.39 is 29.2 Å². The largest absolute Gasteiger partial charge is 0.543 e. The summed E-state index contributed by atoms with van der Waals surface area (Å²) in [6, 6.07) is 4.54. The van der Waals surface area contributed by atoms with Crippen LogP contribution < -0.4 is 20.7 Å². The van der Waals surface area contributed by atoms with Gasteiger partial charge in [0.05, 0.1) is 11.7 Å². The third kappa shape index (κ3) is 4.85. The second kappa shape index (κ2) is 10.4. The van der Waals surface area contributed by atoms with Crippen molar-refractivity contribution in [3.05, 3.63) is 47.7 Å². The molecule has 4 rings (SSSR count). The van der Waals surface area contributed by atoms with Crippen LogP contribution in [0.15, 0.2) is 47.0 Å². The zero-order valence-electron chi connectivity index (χ0n) is 17.7. The fourth-order valence-electron chi connectivity index (χ4n) is 3.42. The second-order valence-corrected chi connectivity index (χ2v) is 9.78. The van der Waals surface area contributed by atoms with Crippen LogP contribution >= 0.6 is 35.1 Å². The molecule has 15 heteroatoms. The second-order valence-electron chi connectivity index (χ2n) is 7.08. The van der Waals surface area contributed by atoms with Crippen LogP contribution in [0.1, 0.15) is 5.82 Å². The van der Waals surface area contributed by atoms with Crippen molar-refractivity contribution in [3.8, 4) is 0 Å². The molecule has 2 aromatic heterocycles. The molecular formula is C19H19N7O5S3. The Kier molecular flexibility index (Phi) is 7.33. The standard InChI is InChI=1S/C19H19N7O5S3/c1-32-9-31-23-11(14-22-19(20)34-24-14)15(27)21-12-16(28)26-13(18(29)30)10(8-33-17(12)26)7-25-5-3-2-4-6-25/h2-6,12,17H,7-9H2,1H3,(H3-,20,21,22,24,27,29,30)/b23-11-/t12?,17-/m1/s1. The summed E-state index contributed by atoms with van der Waals surface area (Å²) < 4.78 is 5.80. The van der Waals surface area contributed by atoms with Crippen molar-refractivity contribution in [3.63, 3.8) is 0 Å². The van der Waals surface area contributed by atoms with Gasteiger partial charge in [0.15, 0.2) is 30.0 Å². The highest BCUT2D eigenvalue weighted by Gasteiger charge is 2.53. The SMILES string of the molecule is CSCO/N=C(\C(=O)NC1C(=O)N2C(C(=O)[O-])=C(C[n+]3ccccc3)CS[C@H]12)c1nsc(N)n1. The van der Waals surface area contributed by atoms with Crippen molar-refractivity contribution >= 4 is 63.7 Å². The number of nitrogens with two attached hydrogens (primary N) is 1. The Hall–Kier alpha value is -3.17. The lowest BCUT2D eigenvalue weighted by atomic mass is 10.0. The molecule has 4 heterocycles. The number of carbonyl (C=O) groups is 3. The first kappa shape index (κ1) is 24.0. The van der Waals surface area contributed by atoms with Gasteiger partial charge >= 0.3 is 0 Å². The highest BCUT2D eigenvalue weighted by molar-refractivity contribution is 8.00. The smallest absolute Gasteiger partial charge is 0.278 e. The van der Waals surface area contributed by atoms with Gasteiger partial charge in [-0.05, 0) is 6.26 Å². The number of aliphatic carboxylic acids is 1. The maximum atomic E-state index is 12.9. The molecule has 0 aromatic carbocycles. The first-order valence-electron chi connectivity index (χ1n) is 9.82. The van der Waals surface area contributed by atoms with Gasteiger partial charge in [0.1, 0.15) is 11.4 Å².